The molecule has 2 N–H and O–H groups in total. The van der Waals surface area contributed by atoms with E-state index in [4.69, 9.17) is 5.84 Å². The second kappa shape index (κ2) is 6.55. The van der Waals surface area contributed by atoms with Gasteiger partial charge in [-0.15, -0.1) is 0 Å². The number of carbonyl (C=O) groups excluding carboxylic acids is 1. The van der Waals surface area contributed by atoms with Gasteiger partial charge in [-0.25, -0.2) is 5.84 Å². The molecule has 0 saturated heterocycles. The van der Waals surface area contributed by atoms with E-state index in [1.165, 1.54) is 17.9 Å². The Kier molecular flexibility index (Phi) is 6.18. The quantitative estimate of drug-likeness (QED) is 0.198. The minimum absolute atomic E-state index is 0.659. The zero-order valence-corrected chi connectivity index (χ0v) is 6.55. The van der Waals surface area contributed by atoms with E-state index in [0.29, 0.717) is 13.0 Å². The third-order valence-electron chi connectivity index (χ3n) is 1.41. The molecule has 0 atom stereocenters. The Morgan fingerprint density at radius 1 is 1.40 bits per heavy atom. The molecule has 0 fully saturated rings. The first-order valence-corrected chi connectivity index (χ1v) is 3.78. The van der Waals surface area contributed by atoms with Crippen molar-refractivity contribution < 1.29 is 4.79 Å². The fraction of sp³-hybridized carbons (Fsp3) is 0.857. The highest BCUT2D eigenvalue weighted by molar-refractivity contribution is 5.45. The molecule has 0 heterocycles. The van der Waals surface area contributed by atoms with Gasteiger partial charge in [0.25, 0.3) is 0 Å². The Bertz CT molecular complexity index is 85.7. The zero-order chi connectivity index (χ0) is 7.82. The Balaban J connectivity index is 2.95. The molecule has 0 aromatic carbocycles. The maximum absolute atomic E-state index is 9.97. The maximum atomic E-state index is 9.97. The number of rotatable bonds is 6. The highest BCUT2D eigenvalue weighted by atomic mass is 16.1. The fourth-order valence-electron chi connectivity index (χ4n) is 0.774. The van der Waals surface area contributed by atoms with Crippen LogP contribution < -0.4 is 5.84 Å². The van der Waals surface area contributed by atoms with Crippen molar-refractivity contribution in [3.8, 4) is 0 Å². The predicted octanol–water partition coefficient (Wildman–Crippen LogP) is 0.899. The van der Waals surface area contributed by atoms with Crippen molar-refractivity contribution in [3.63, 3.8) is 0 Å². The standard InChI is InChI=1S/C7H16N2O/c1-2-3-4-5-6-9(8)7-10/h7H,2-6,8H2,1H3. The highest BCUT2D eigenvalue weighted by Crippen LogP contribution is 1.97. The lowest BCUT2D eigenvalue weighted by Crippen LogP contribution is -2.30. The number of unbranched alkanes of at least 4 members (excludes halogenated alkanes) is 3. The SMILES string of the molecule is CCCCCCN(N)C=O. The van der Waals surface area contributed by atoms with E-state index in [-0.39, 0.29) is 0 Å². The molecule has 10 heavy (non-hydrogen) atoms. The Morgan fingerprint density at radius 2 is 2.10 bits per heavy atom. The van der Waals surface area contributed by atoms with Crippen LogP contribution >= 0.6 is 0 Å². The average Bonchev–Trinajstić information content (AvgIpc) is 1.98. The maximum Gasteiger partial charge on any atom is 0.223 e. The van der Waals surface area contributed by atoms with Gasteiger partial charge in [0, 0.05) is 6.54 Å². The van der Waals surface area contributed by atoms with Crippen LogP contribution in [-0.2, 0) is 4.79 Å². The molecule has 1 amide bonds. The van der Waals surface area contributed by atoms with E-state index < -0.39 is 0 Å². The summed E-state index contributed by atoms with van der Waals surface area (Å²) in [7, 11) is 0. The minimum Gasteiger partial charge on any atom is -0.283 e. The van der Waals surface area contributed by atoms with Crippen LogP contribution in [0.2, 0.25) is 0 Å². The summed E-state index contributed by atoms with van der Waals surface area (Å²) in [4.78, 5) is 9.97. The van der Waals surface area contributed by atoms with Crippen molar-refractivity contribution in [2.75, 3.05) is 6.54 Å². The van der Waals surface area contributed by atoms with Gasteiger partial charge in [-0.3, -0.25) is 9.80 Å². The normalized spacial score (nSPS) is 9.40. The molecule has 0 aromatic heterocycles. The third kappa shape index (κ3) is 5.56. The smallest absolute Gasteiger partial charge is 0.223 e. The monoisotopic (exact) mass is 144 g/mol. The molecule has 0 aromatic rings. The Morgan fingerprint density at radius 3 is 2.60 bits per heavy atom. The van der Waals surface area contributed by atoms with E-state index in [1.54, 1.807) is 0 Å². The van der Waals surface area contributed by atoms with Crippen LogP contribution in [-0.4, -0.2) is 18.0 Å². The van der Waals surface area contributed by atoms with Gasteiger partial charge in [0.1, 0.15) is 0 Å². The molecule has 3 nitrogen and oxygen atoms in total. The molecule has 0 aliphatic rings. The molecule has 60 valence electrons. The van der Waals surface area contributed by atoms with Gasteiger partial charge in [-0.2, -0.15) is 0 Å². The predicted molar refractivity (Wildman–Crippen MR) is 41.1 cm³/mol. The van der Waals surface area contributed by atoms with Crippen LogP contribution in [0.15, 0.2) is 0 Å². The molecular weight excluding hydrogens is 128 g/mol. The molecule has 0 saturated carbocycles. The number of hydrogen-bond donors (Lipinski definition) is 1. The van der Waals surface area contributed by atoms with Gasteiger partial charge in [0.2, 0.25) is 6.41 Å². The van der Waals surface area contributed by atoms with Crippen LogP contribution in [0.4, 0.5) is 0 Å². The molecule has 0 spiro atoms. The molecular formula is C7H16N2O. The van der Waals surface area contributed by atoms with E-state index in [1.807, 2.05) is 0 Å². The molecule has 3 heteroatoms. The van der Waals surface area contributed by atoms with Crippen molar-refractivity contribution in [3.05, 3.63) is 0 Å². The van der Waals surface area contributed by atoms with Crippen LogP contribution in [0.3, 0.4) is 0 Å². The van der Waals surface area contributed by atoms with Gasteiger partial charge >= 0.3 is 0 Å². The van der Waals surface area contributed by atoms with Crippen LogP contribution in [0, 0.1) is 0 Å². The number of carbonyl (C=O) groups is 1. The topological polar surface area (TPSA) is 46.3 Å². The van der Waals surface area contributed by atoms with Gasteiger partial charge < -0.3 is 0 Å². The zero-order valence-electron chi connectivity index (χ0n) is 6.55. The molecule has 0 unspecified atom stereocenters. The number of nitrogens with two attached hydrogens (primary N) is 1. The van der Waals surface area contributed by atoms with Crippen molar-refractivity contribution >= 4 is 6.41 Å². The average molecular weight is 144 g/mol. The first-order valence-electron chi connectivity index (χ1n) is 3.78. The van der Waals surface area contributed by atoms with Crippen LogP contribution in [0.1, 0.15) is 32.6 Å². The Hall–Kier alpha value is -0.570. The van der Waals surface area contributed by atoms with Gasteiger partial charge in [0.05, 0.1) is 0 Å². The summed E-state index contributed by atoms with van der Waals surface area (Å²) >= 11 is 0. The van der Waals surface area contributed by atoms with E-state index >= 15 is 0 Å². The number of amides is 1. The van der Waals surface area contributed by atoms with Crippen molar-refractivity contribution in [1.82, 2.24) is 5.01 Å². The van der Waals surface area contributed by atoms with Crippen molar-refractivity contribution in [2.24, 2.45) is 5.84 Å². The lowest BCUT2D eigenvalue weighted by Gasteiger charge is -2.08. The fourth-order valence-corrected chi connectivity index (χ4v) is 0.774. The molecule has 0 bridgehead atoms. The van der Waals surface area contributed by atoms with Crippen molar-refractivity contribution in [2.45, 2.75) is 32.6 Å². The van der Waals surface area contributed by atoms with Gasteiger partial charge in [-0.05, 0) is 6.42 Å². The molecule has 0 aliphatic heterocycles. The molecule has 0 radical (unpaired) electrons. The summed E-state index contributed by atoms with van der Waals surface area (Å²) in [5.74, 6) is 5.22. The Labute approximate surface area is 62.2 Å². The third-order valence-corrected chi connectivity index (χ3v) is 1.41. The summed E-state index contributed by atoms with van der Waals surface area (Å²) in [6.07, 6.45) is 5.28. The van der Waals surface area contributed by atoms with E-state index in [9.17, 15) is 4.79 Å². The lowest BCUT2D eigenvalue weighted by atomic mass is 10.2. The summed E-state index contributed by atoms with van der Waals surface area (Å²) in [5.41, 5.74) is 0. The molecule has 0 aliphatic carbocycles. The number of hydrazine groups is 1. The highest BCUT2D eigenvalue weighted by Gasteiger charge is 1.91. The summed E-state index contributed by atoms with van der Waals surface area (Å²) in [5, 5.41) is 1.19. The second-order valence-electron chi connectivity index (χ2n) is 2.40. The number of hydrogen-bond acceptors (Lipinski definition) is 2. The van der Waals surface area contributed by atoms with E-state index in [0.717, 1.165) is 12.8 Å². The first-order chi connectivity index (χ1) is 4.81. The van der Waals surface area contributed by atoms with Crippen molar-refractivity contribution in [1.29, 1.82) is 0 Å². The molecule has 0 rings (SSSR count). The van der Waals surface area contributed by atoms with Crippen LogP contribution in [0.25, 0.3) is 0 Å². The van der Waals surface area contributed by atoms with Gasteiger partial charge in [0.15, 0.2) is 0 Å². The number of nitrogens with zero attached hydrogens (tertiary/aromatic N) is 1. The van der Waals surface area contributed by atoms with Gasteiger partial charge in [-0.1, -0.05) is 26.2 Å². The summed E-state index contributed by atoms with van der Waals surface area (Å²) in [6, 6.07) is 0. The lowest BCUT2D eigenvalue weighted by molar-refractivity contribution is -0.118. The minimum atomic E-state index is 0.659. The van der Waals surface area contributed by atoms with E-state index in [2.05, 4.69) is 6.92 Å². The largest absolute Gasteiger partial charge is 0.283 e. The summed E-state index contributed by atoms with van der Waals surface area (Å²) < 4.78 is 0. The summed E-state index contributed by atoms with van der Waals surface area (Å²) in [6.45, 7) is 2.84. The van der Waals surface area contributed by atoms with Crippen LogP contribution in [0.5, 0.6) is 0 Å². The first kappa shape index (κ1) is 9.43. The second-order valence-corrected chi connectivity index (χ2v) is 2.40.